The van der Waals surface area contributed by atoms with E-state index >= 15 is 0 Å². The number of hydrogen-bond acceptors (Lipinski definition) is 3. The van der Waals surface area contributed by atoms with Gasteiger partial charge >= 0.3 is 0 Å². The van der Waals surface area contributed by atoms with E-state index in [9.17, 15) is 4.79 Å². The van der Waals surface area contributed by atoms with Gasteiger partial charge in [-0.15, -0.1) is 0 Å². The molecule has 2 saturated carbocycles. The Morgan fingerprint density at radius 2 is 2.21 bits per heavy atom. The number of rotatable bonds is 7. The van der Waals surface area contributed by atoms with E-state index < -0.39 is 0 Å². The van der Waals surface area contributed by atoms with Gasteiger partial charge in [0.25, 0.3) is 0 Å². The lowest BCUT2D eigenvalue weighted by atomic mass is 10.0. The van der Waals surface area contributed by atoms with Crippen LogP contribution in [-0.4, -0.2) is 19.1 Å². The molecule has 19 heavy (non-hydrogen) atoms. The van der Waals surface area contributed by atoms with Gasteiger partial charge in [-0.05, 0) is 49.7 Å². The summed E-state index contributed by atoms with van der Waals surface area (Å²) in [5.74, 6) is 3.11. The Balaban J connectivity index is 1.22. The lowest BCUT2D eigenvalue weighted by Gasteiger charge is -2.12. The maximum absolute atomic E-state index is 11.9. The molecule has 4 nitrogen and oxygen atoms in total. The van der Waals surface area contributed by atoms with E-state index in [-0.39, 0.29) is 11.8 Å². The van der Waals surface area contributed by atoms with Crippen molar-refractivity contribution < 1.29 is 13.9 Å². The van der Waals surface area contributed by atoms with Crippen molar-refractivity contribution in [1.29, 1.82) is 0 Å². The molecule has 0 bridgehead atoms. The van der Waals surface area contributed by atoms with Crippen LogP contribution in [0.4, 0.5) is 0 Å². The molecule has 0 aromatic carbocycles. The number of carbonyl (C=O) groups is 1. The lowest BCUT2D eigenvalue weighted by molar-refractivity contribution is -0.125. The normalized spacial score (nSPS) is 28.1. The molecule has 1 N–H and O–H groups in total. The number of fused-ring (bicyclic) bond motifs is 1. The molecule has 4 heteroatoms. The molecule has 104 valence electrons. The van der Waals surface area contributed by atoms with Crippen LogP contribution in [0.15, 0.2) is 22.8 Å². The zero-order chi connectivity index (χ0) is 13.1. The maximum Gasteiger partial charge on any atom is 0.223 e. The molecule has 2 atom stereocenters. The average Bonchev–Trinajstić information content (AvgIpc) is 2.85. The van der Waals surface area contributed by atoms with Gasteiger partial charge in [0.05, 0.1) is 6.26 Å². The summed E-state index contributed by atoms with van der Waals surface area (Å²) in [6, 6.07) is 3.75. The second-order valence-electron chi connectivity index (χ2n) is 5.70. The molecule has 0 spiro atoms. The first-order chi connectivity index (χ1) is 9.33. The van der Waals surface area contributed by atoms with E-state index in [4.69, 9.17) is 9.15 Å². The second kappa shape index (κ2) is 5.78. The first-order valence-electron chi connectivity index (χ1n) is 7.21. The fourth-order valence-corrected chi connectivity index (χ4v) is 3.03. The monoisotopic (exact) mass is 263 g/mol. The molecule has 1 aromatic heterocycles. The Morgan fingerprint density at radius 1 is 1.37 bits per heavy atom. The molecule has 3 rings (SSSR count). The summed E-state index contributed by atoms with van der Waals surface area (Å²) in [5.41, 5.74) is 0. The molecule has 0 radical (unpaired) electrons. The number of ether oxygens (including phenoxy) is 1. The Kier molecular flexibility index (Phi) is 3.87. The van der Waals surface area contributed by atoms with E-state index in [2.05, 4.69) is 5.32 Å². The van der Waals surface area contributed by atoms with Gasteiger partial charge in [0.15, 0.2) is 0 Å². The van der Waals surface area contributed by atoms with Gasteiger partial charge in [0.2, 0.25) is 5.91 Å². The van der Waals surface area contributed by atoms with Gasteiger partial charge in [-0.2, -0.15) is 0 Å². The molecule has 1 aromatic rings. The molecule has 1 amide bonds. The first-order valence-corrected chi connectivity index (χ1v) is 7.21. The summed E-state index contributed by atoms with van der Waals surface area (Å²) in [6.45, 7) is 1.87. The van der Waals surface area contributed by atoms with Gasteiger partial charge < -0.3 is 14.5 Å². The highest BCUT2D eigenvalue weighted by Gasteiger charge is 2.47. The molecule has 0 aliphatic heterocycles. The third kappa shape index (κ3) is 3.38. The SMILES string of the molecule is O=C(NCCCOCc1ccco1)C1CC2CC2C1. The molecule has 0 saturated heterocycles. The van der Waals surface area contributed by atoms with Crippen molar-refractivity contribution in [2.24, 2.45) is 17.8 Å². The van der Waals surface area contributed by atoms with Gasteiger partial charge in [-0.25, -0.2) is 0 Å². The molecule has 2 aliphatic rings. The van der Waals surface area contributed by atoms with Crippen molar-refractivity contribution in [2.45, 2.75) is 32.3 Å². The highest BCUT2D eigenvalue weighted by Crippen LogP contribution is 2.54. The van der Waals surface area contributed by atoms with Crippen LogP contribution >= 0.6 is 0 Å². The minimum Gasteiger partial charge on any atom is -0.467 e. The van der Waals surface area contributed by atoms with E-state index in [1.54, 1.807) is 6.26 Å². The van der Waals surface area contributed by atoms with Crippen molar-refractivity contribution in [3.8, 4) is 0 Å². The third-order valence-corrected chi connectivity index (χ3v) is 4.20. The van der Waals surface area contributed by atoms with E-state index in [1.165, 1.54) is 6.42 Å². The van der Waals surface area contributed by atoms with Crippen molar-refractivity contribution in [3.63, 3.8) is 0 Å². The highest BCUT2D eigenvalue weighted by atomic mass is 16.5. The van der Waals surface area contributed by atoms with E-state index in [1.807, 2.05) is 12.1 Å². The van der Waals surface area contributed by atoms with Gasteiger partial charge in [-0.3, -0.25) is 4.79 Å². The van der Waals surface area contributed by atoms with Crippen LogP contribution in [0.5, 0.6) is 0 Å². The minimum absolute atomic E-state index is 0.248. The summed E-state index contributed by atoms with van der Waals surface area (Å²) in [6.07, 6.45) is 6.10. The van der Waals surface area contributed by atoms with Gasteiger partial charge in [0, 0.05) is 19.1 Å². The quantitative estimate of drug-likeness (QED) is 0.768. The predicted molar refractivity (Wildman–Crippen MR) is 70.3 cm³/mol. The van der Waals surface area contributed by atoms with Crippen LogP contribution in [0.3, 0.4) is 0 Å². The summed E-state index contributed by atoms with van der Waals surface area (Å²) in [7, 11) is 0. The van der Waals surface area contributed by atoms with E-state index in [0.717, 1.165) is 36.9 Å². The molecule has 2 fully saturated rings. The average molecular weight is 263 g/mol. The highest BCUT2D eigenvalue weighted by molar-refractivity contribution is 5.79. The van der Waals surface area contributed by atoms with E-state index in [0.29, 0.717) is 19.8 Å². The molecular weight excluding hydrogens is 242 g/mol. The zero-order valence-corrected chi connectivity index (χ0v) is 11.1. The van der Waals surface area contributed by atoms with Crippen LogP contribution < -0.4 is 5.32 Å². The summed E-state index contributed by atoms with van der Waals surface area (Å²) in [5, 5.41) is 3.02. The van der Waals surface area contributed by atoms with Crippen LogP contribution in [0.2, 0.25) is 0 Å². The fourth-order valence-electron chi connectivity index (χ4n) is 3.03. The summed E-state index contributed by atoms with van der Waals surface area (Å²) in [4.78, 5) is 11.9. The predicted octanol–water partition coefficient (Wildman–Crippen LogP) is 2.35. The fraction of sp³-hybridized carbons (Fsp3) is 0.667. The molecule has 1 heterocycles. The van der Waals surface area contributed by atoms with Gasteiger partial charge in [-0.1, -0.05) is 0 Å². The molecular formula is C15H21NO3. The van der Waals surface area contributed by atoms with Gasteiger partial charge in [0.1, 0.15) is 12.4 Å². The Hall–Kier alpha value is -1.29. The summed E-state index contributed by atoms with van der Waals surface area (Å²) >= 11 is 0. The topological polar surface area (TPSA) is 51.5 Å². The Bertz CT molecular complexity index is 405. The number of furan rings is 1. The number of nitrogens with one attached hydrogen (secondary N) is 1. The smallest absolute Gasteiger partial charge is 0.223 e. The summed E-state index contributed by atoms with van der Waals surface area (Å²) < 4.78 is 10.6. The number of amides is 1. The standard InChI is InChI=1S/C15H21NO3/c17-15(13-8-11-7-12(11)9-13)16-4-2-5-18-10-14-3-1-6-19-14/h1,3,6,11-13H,2,4-5,7-10H2,(H,16,17). The van der Waals surface area contributed by atoms with Crippen LogP contribution in [0.25, 0.3) is 0 Å². The molecule has 2 aliphatic carbocycles. The maximum atomic E-state index is 11.9. The second-order valence-corrected chi connectivity index (χ2v) is 5.70. The number of hydrogen-bond donors (Lipinski definition) is 1. The lowest BCUT2D eigenvalue weighted by Crippen LogP contribution is -2.31. The van der Waals surface area contributed by atoms with Crippen LogP contribution in [0.1, 0.15) is 31.4 Å². The van der Waals surface area contributed by atoms with Crippen molar-refractivity contribution in [1.82, 2.24) is 5.32 Å². The first kappa shape index (κ1) is 12.7. The van der Waals surface area contributed by atoms with Crippen molar-refractivity contribution >= 4 is 5.91 Å². The van der Waals surface area contributed by atoms with Crippen molar-refractivity contribution in [3.05, 3.63) is 24.2 Å². The Labute approximate surface area is 113 Å². The number of carbonyl (C=O) groups excluding carboxylic acids is 1. The molecule has 2 unspecified atom stereocenters. The van der Waals surface area contributed by atoms with Crippen molar-refractivity contribution in [2.75, 3.05) is 13.2 Å². The van der Waals surface area contributed by atoms with Crippen LogP contribution in [0, 0.1) is 17.8 Å². The largest absolute Gasteiger partial charge is 0.467 e. The zero-order valence-electron chi connectivity index (χ0n) is 11.1. The van der Waals surface area contributed by atoms with Crippen LogP contribution in [-0.2, 0) is 16.1 Å². The minimum atomic E-state index is 0.248. The Morgan fingerprint density at radius 3 is 2.95 bits per heavy atom. The third-order valence-electron chi connectivity index (χ3n) is 4.20.